The number of esters is 2. The molecule has 0 aromatic carbocycles. The van der Waals surface area contributed by atoms with Crippen molar-refractivity contribution in [1.29, 1.82) is 0 Å². The zero-order chi connectivity index (χ0) is 60.2. The molecule has 82 heavy (non-hydrogen) atoms. The number of fused-ring (bicyclic) bond motifs is 4. The number of hydrogen-bond donors (Lipinski definition) is 10. The number of cyclic esters (lactones) is 1. The molecule has 0 amide bonds. The highest BCUT2D eigenvalue weighted by Crippen LogP contribution is 2.77. The van der Waals surface area contributed by atoms with Crippen LogP contribution in [0.3, 0.4) is 0 Å². The Kier molecular flexibility index (Phi) is 18.2. The molecule has 0 aromatic rings. The first kappa shape index (κ1) is 64.1. The highest BCUT2D eigenvalue weighted by Gasteiger charge is 2.87. The van der Waals surface area contributed by atoms with Gasteiger partial charge in [0.05, 0.1) is 32.0 Å². The lowest BCUT2D eigenvalue weighted by atomic mass is 9.40. The van der Waals surface area contributed by atoms with Crippen LogP contribution in [0.5, 0.6) is 0 Å². The number of carbonyl (C=O) groups is 2. The molecule has 0 bridgehead atoms. The fraction of sp³-hybridized carbons (Fsp3) is 0.891. The summed E-state index contributed by atoms with van der Waals surface area (Å²) in [5.41, 5.74) is -5.91. The zero-order valence-corrected chi connectivity index (χ0v) is 48.8. The Morgan fingerprint density at radius 2 is 1.44 bits per heavy atom. The molecule has 4 aliphatic carbocycles. The van der Waals surface area contributed by atoms with Crippen LogP contribution in [0.25, 0.3) is 0 Å². The number of aliphatic hydroxyl groups is 9. The molecule has 27 atom stereocenters. The molecule has 5 aliphatic heterocycles. The normalized spacial score (nSPS) is 50.3. The van der Waals surface area contributed by atoms with Crippen LogP contribution in [0.1, 0.15) is 107 Å². The standard InChI is InChI=1S/C55H86O26S/c1-24(2)12-11-17-53(9)55(66)34(74-26(4)57)20-52(8)28-13-14-32-50(5,6)33(16-18-51(32,7)27(28)15-19-54(52,55)49(65)80-53)76-48-44(36(60)31(23-72-48)81-82(67,68)69)79-46-38(62)37(61)41(25(3)73-46)77-45-39(63)42(29(58)22-71-45)78-47-40(64)43(70-10)35(59)30(21-56)75-47/h11,13,17,24-25,27,29-48,56,58-64,66H,12,14-16,18-23H2,1-10H3,(H,67,68,69)/b17-11+/t25-,27?,29-,30-,31-,32?,33?,34+,35-,36+,37-,38-,39-,40-,41-,42+,43+,44-,45+,46-,47+,48+,51-,52+,53+,54?,55+/m1/s1. The molecule has 9 rings (SSSR count). The molecular weight excluding hydrogens is 1110 g/mol. The Bertz CT molecular complexity index is 2500. The second kappa shape index (κ2) is 23.3. The third-order valence-corrected chi connectivity index (χ3v) is 20.7. The lowest BCUT2D eigenvalue weighted by molar-refractivity contribution is -0.382. The summed E-state index contributed by atoms with van der Waals surface area (Å²) in [6.07, 6.45) is -22.0. The lowest BCUT2D eigenvalue weighted by Crippen LogP contribution is -2.66. The fourth-order valence-electron chi connectivity index (χ4n) is 16.0. The molecule has 0 aromatic heterocycles. The minimum atomic E-state index is -5.18. The van der Waals surface area contributed by atoms with Gasteiger partial charge in [-0.1, -0.05) is 59.3 Å². The van der Waals surface area contributed by atoms with Gasteiger partial charge in [-0.25, -0.2) is 4.18 Å². The van der Waals surface area contributed by atoms with Crippen LogP contribution in [0.4, 0.5) is 0 Å². The maximum absolute atomic E-state index is 14.7. The summed E-state index contributed by atoms with van der Waals surface area (Å²) in [5, 5.41) is 102. The quantitative estimate of drug-likeness (QED) is 0.0533. The molecule has 9 aliphatic rings. The van der Waals surface area contributed by atoms with Gasteiger partial charge in [-0.15, -0.1) is 0 Å². The van der Waals surface area contributed by atoms with Gasteiger partial charge >= 0.3 is 22.3 Å². The van der Waals surface area contributed by atoms with Crippen molar-refractivity contribution in [2.45, 2.75) is 241 Å². The second-order valence-corrected chi connectivity index (χ2v) is 26.8. The number of rotatable bonds is 16. The summed E-state index contributed by atoms with van der Waals surface area (Å²) < 4.78 is 104. The molecule has 5 heterocycles. The van der Waals surface area contributed by atoms with Gasteiger partial charge in [-0.05, 0) is 93.5 Å². The summed E-state index contributed by atoms with van der Waals surface area (Å²) in [5.74, 6) is -0.998. The summed E-state index contributed by atoms with van der Waals surface area (Å²) in [7, 11) is -3.97. The van der Waals surface area contributed by atoms with Crippen LogP contribution >= 0.6 is 0 Å². The van der Waals surface area contributed by atoms with E-state index in [2.05, 4.69) is 26.8 Å². The van der Waals surface area contributed by atoms with Crippen LogP contribution < -0.4 is 0 Å². The third kappa shape index (κ3) is 10.6. The smallest absolute Gasteiger partial charge is 0.397 e. The van der Waals surface area contributed by atoms with Crippen molar-refractivity contribution >= 4 is 22.3 Å². The van der Waals surface area contributed by atoms with E-state index in [-0.39, 0.29) is 24.7 Å². The zero-order valence-electron chi connectivity index (χ0n) is 48.0. The van der Waals surface area contributed by atoms with E-state index in [1.54, 1.807) is 13.0 Å². The number of carbonyl (C=O) groups excluding carboxylic acids is 2. The molecule has 26 nitrogen and oxygen atoms in total. The van der Waals surface area contributed by atoms with Crippen molar-refractivity contribution in [1.82, 2.24) is 0 Å². The minimum absolute atomic E-state index is 0.0889. The van der Waals surface area contributed by atoms with Gasteiger partial charge in [-0.3, -0.25) is 14.1 Å². The summed E-state index contributed by atoms with van der Waals surface area (Å²) in [6, 6.07) is 0. The predicted molar refractivity (Wildman–Crippen MR) is 277 cm³/mol. The van der Waals surface area contributed by atoms with E-state index >= 15 is 0 Å². The molecule has 468 valence electrons. The van der Waals surface area contributed by atoms with E-state index in [1.165, 1.54) is 21.0 Å². The van der Waals surface area contributed by atoms with Crippen LogP contribution in [0, 0.1) is 39.4 Å². The molecule has 8 fully saturated rings. The lowest BCUT2D eigenvalue weighted by Gasteiger charge is -2.64. The first-order valence-corrected chi connectivity index (χ1v) is 29.8. The first-order valence-electron chi connectivity index (χ1n) is 28.5. The van der Waals surface area contributed by atoms with Crippen molar-refractivity contribution < 1.29 is 125 Å². The Labute approximate surface area is 477 Å². The largest absolute Gasteiger partial charge is 0.459 e. The van der Waals surface area contributed by atoms with E-state index in [4.69, 9.17) is 56.3 Å². The van der Waals surface area contributed by atoms with Crippen LogP contribution in [-0.2, 0) is 76.3 Å². The van der Waals surface area contributed by atoms with Crippen LogP contribution in [-0.4, -0.2) is 232 Å². The number of allylic oxidation sites excluding steroid dienone is 3. The van der Waals surface area contributed by atoms with Gasteiger partial charge in [0.2, 0.25) is 0 Å². The van der Waals surface area contributed by atoms with Gasteiger partial charge in [0.1, 0.15) is 90.9 Å². The Balaban J connectivity index is 0.917. The molecule has 5 saturated heterocycles. The molecule has 4 unspecified atom stereocenters. The average molecular weight is 1200 g/mol. The van der Waals surface area contributed by atoms with Gasteiger partial charge in [0.15, 0.2) is 36.4 Å². The monoisotopic (exact) mass is 1190 g/mol. The van der Waals surface area contributed by atoms with Crippen LogP contribution in [0.2, 0.25) is 0 Å². The minimum Gasteiger partial charge on any atom is -0.459 e. The number of hydrogen-bond acceptors (Lipinski definition) is 25. The topological polar surface area (TPSA) is 381 Å². The average Bonchev–Trinajstić information content (AvgIpc) is 1.92. The molecule has 10 N–H and O–H groups in total. The molecule has 0 radical (unpaired) electrons. The van der Waals surface area contributed by atoms with Gasteiger partial charge in [0, 0.05) is 19.4 Å². The predicted octanol–water partition coefficient (Wildman–Crippen LogP) is -0.409. The van der Waals surface area contributed by atoms with Crippen molar-refractivity contribution in [3.05, 3.63) is 23.8 Å². The van der Waals surface area contributed by atoms with Crippen molar-refractivity contribution in [2.75, 3.05) is 26.9 Å². The highest BCUT2D eigenvalue weighted by molar-refractivity contribution is 7.80. The van der Waals surface area contributed by atoms with Gasteiger partial charge in [-0.2, -0.15) is 8.42 Å². The fourth-order valence-corrected chi connectivity index (χ4v) is 16.5. The van der Waals surface area contributed by atoms with Crippen molar-refractivity contribution in [3.63, 3.8) is 0 Å². The molecule has 3 saturated carbocycles. The van der Waals surface area contributed by atoms with Crippen molar-refractivity contribution in [3.8, 4) is 0 Å². The summed E-state index contributed by atoms with van der Waals surface area (Å²) in [6.45, 7) is 15.0. The maximum atomic E-state index is 14.7. The molecule has 27 heteroatoms. The SMILES string of the molecule is CO[C@@H]1[C@@H](O)[C@H](O[C@@H]2[C@@H](O)[C@H](O[C@H]3[C@H](O)[C@@H](O)[C@@H](O[C@H]4[C@H](OC5CC[C@]6(C)C7CCC89C(=O)O[C@@](C)(/C=C/CC(C)C)[C@@]8(O)[C@@H](OC(C)=O)C[C@@]9(C)C7=CCC6C5(C)C)OC[C@@H](OS(=O)(=O)O)[C@@H]4O)O[C@@H]3C)OC[C@H]2O)O[C@H](CO)[C@H]1O. The number of methoxy groups -OCH3 is 1. The Morgan fingerprint density at radius 3 is 2.09 bits per heavy atom. The van der Waals surface area contributed by atoms with E-state index in [1.807, 2.05) is 26.8 Å². The van der Waals surface area contributed by atoms with E-state index in [0.717, 1.165) is 5.57 Å². The molecular formula is C55H86O26S. The summed E-state index contributed by atoms with van der Waals surface area (Å²) >= 11 is 0. The first-order chi connectivity index (χ1) is 38.2. The van der Waals surface area contributed by atoms with Gasteiger partial charge < -0.3 is 98.1 Å². The van der Waals surface area contributed by atoms with E-state index in [0.29, 0.717) is 38.0 Å². The number of aliphatic hydroxyl groups excluding tert-OH is 8. The van der Waals surface area contributed by atoms with E-state index < -0.39 is 198 Å². The van der Waals surface area contributed by atoms with Crippen molar-refractivity contribution in [2.24, 2.45) is 39.4 Å². The van der Waals surface area contributed by atoms with Crippen LogP contribution in [0.15, 0.2) is 23.8 Å². The Morgan fingerprint density at radius 1 is 0.793 bits per heavy atom. The van der Waals surface area contributed by atoms with Gasteiger partial charge in [0.25, 0.3) is 0 Å². The maximum Gasteiger partial charge on any atom is 0.397 e. The second-order valence-electron chi connectivity index (χ2n) is 25.8. The highest BCUT2D eigenvalue weighted by atomic mass is 32.3. The molecule has 1 spiro atoms. The number of ether oxygens (including phenoxy) is 11. The summed E-state index contributed by atoms with van der Waals surface area (Å²) in [4.78, 5) is 27.5. The Hall–Kier alpha value is -2.43. The van der Waals surface area contributed by atoms with E-state index in [9.17, 15) is 68.5 Å². The third-order valence-electron chi connectivity index (χ3n) is 20.2.